The molecule has 340 valence electrons. The van der Waals surface area contributed by atoms with Crippen LogP contribution in [0.3, 0.4) is 0 Å². The Morgan fingerprint density at radius 3 is 2.40 bits per heavy atom. The lowest BCUT2D eigenvalue weighted by Gasteiger charge is -2.72. The van der Waals surface area contributed by atoms with Crippen molar-refractivity contribution in [3.8, 4) is 0 Å². The molecule has 1 aromatic carbocycles. The summed E-state index contributed by atoms with van der Waals surface area (Å²) in [5.41, 5.74) is 6.11. The Morgan fingerprint density at radius 2 is 1.65 bits per heavy atom. The van der Waals surface area contributed by atoms with Crippen molar-refractivity contribution in [2.75, 3.05) is 47.3 Å². The van der Waals surface area contributed by atoms with Gasteiger partial charge in [-0.05, 0) is 143 Å². The zero-order valence-corrected chi connectivity index (χ0v) is 39.8. The Labute approximate surface area is 377 Å². The molecule has 0 aliphatic heterocycles. The van der Waals surface area contributed by atoms with E-state index in [0.29, 0.717) is 55.4 Å². The van der Waals surface area contributed by atoms with Crippen LogP contribution in [-0.4, -0.2) is 93.9 Å². The second kappa shape index (κ2) is 17.3. The van der Waals surface area contributed by atoms with Crippen molar-refractivity contribution in [1.82, 2.24) is 45.4 Å². The Kier molecular flexibility index (Phi) is 12.5. The SMILES string of the molecule is C=C(C)[C@@H]1CC[C@]2(C(=O)NCc3cn(CCNC(=O)/C(=C/c4ccccc4)CN(C)CCN(C)C)nn3)CC[C@]3(C)[C@H](CC[C@@H]4[C@@]5(C)Cc6nccnc6C(C)(C)[C@@H]5CC[C@]43C)[C@@H]12. The van der Waals surface area contributed by atoms with Crippen LogP contribution in [0.1, 0.15) is 116 Å². The Morgan fingerprint density at radius 1 is 0.889 bits per heavy atom. The van der Waals surface area contributed by atoms with Crippen LogP contribution in [0.25, 0.3) is 6.08 Å². The summed E-state index contributed by atoms with van der Waals surface area (Å²) in [6.45, 7) is 23.1. The third-order valence-corrected chi connectivity index (χ3v) is 18.0. The molecule has 11 heteroatoms. The summed E-state index contributed by atoms with van der Waals surface area (Å²) in [4.78, 5) is 42.6. The lowest BCUT2D eigenvalue weighted by Crippen LogP contribution is -2.67. The highest BCUT2D eigenvalue weighted by atomic mass is 16.2. The van der Waals surface area contributed by atoms with E-state index in [0.717, 1.165) is 62.9 Å². The van der Waals surface area contributed by atoms with E-state index in [4.69, 9.17) is 9.97 Å². The van der Waals surface area contributed by atoms with E-state index in [9.17, 15) is 9.59 Å². The van der Waals surface area contributed by atoms with Gasteiger partial charge in [0.05, 0.1) is 36.1 Å². The van der Waals surface area contributed by atoms with Crippen LogP contribution in [0.5, 0.6) is 0 Å². The molecule has 0 saturated heterocycles. The number of hydrogen-bond acceptors (Lipinski definition) is 8. The highest BCUT2D eigenvalue weighted by Crippen LogP contribution is 2.77. The fourth-order valence-corrected chi connectivity index (χ4v) is 14.8. The normalized spacial score (nSPS) is 33.1. The quantitative estimate of drug-likeness (QED) is 0.125. The topological polar surface area (TPSA) is 121 Å². The molecule has 2 aromatic heterocycles. The predicted molar refractivity (Wildman–Crippen MR) is 250 cm³/mol. The van der Waals surface area contributed by atoms with Gasteiger partial charge < -0.3 is 20.4 Å². The van der Waals surface area contributed by atoms with Gasteiger partial charge >= 0.3 is 0 Å². The van der Waals surface area contributed by atoms with E-state index in [-0.39, 0.29) is 39.4 Å². The number of rotatable bonds is 14. The monoisotopic (exact) mass is 858 g/mol. The molecule has 5 aliphatic rings. The van der Waals surface area contributed by atoms with E-state index >= 15 is 0 Å². The first kappa shape index (κ1) is 45.4. The van der Waals surface area contributed by atoms with Crippen molar-refractivity contribution < 1.29 is 9.59 Å². The van der Waals surface area contributed by atoms with Gasteiger partial charge in [0, 0.05) is 49.6 Å². The Balaban J connectivity index is 0.930. The molecule has 4 fully saturated rings. The number of amides is 2. The molecule has 2 heterocycles. The van der Waals surface area contributed by atoms with Crippen LogP contribution < -0.4 is 10.6 Å². The molecule has 8 rings (SSSR count). The van der Waals surface area contributed by atoms with Crippen LogP contribution in [0.4, 0.5) is 0 Å². The van der Waals surface area contributed by atoms with Crippen molar-refractivity contribution in [1.29, 1.82) is 0 Å². The molecule has 2 amide bonds. The van der Waals surface area contributed by atoms with Gasteiger partial charge in [-0.25, -0.2) is 0 Å². The number of carbonyl (C=O) groups is 2. The van der Waals surface area contributed by atoms with Crippen molar-refractivity contribution in [2.24, 2.45) is 51.2 Å². The highest BCUT2D eigenvalue weighted by molar-refractivity contribution is 5.98. The van der Waals surface area contributed by atoms with E-state index in [1.807, 2.05) is 62.0 Å². The number of nitrogens with zero attached hydrogens (tertiary/aromatic N) is 7. The zero-order chi connectivity index (χ0) is 45.0. The number of likely N-dealkylation sites (N-methyl/N-ethyl adjacent to an activating group) is 2. The summed E-state index contributed by atoms with van der Waals surface area (Å²) in [5.74, 6) is 2.34. The third-order valence-electron chi connectivity index (χ3n) is 18.0. The number of hydrogen-bond donors (Lipinski definition) is 2. The van der Waals surface area contributed by atoms with Gasteiger partial charge in [-0.15, -0.1) is 5.10 Å². The molecule has 11 nitrogen and oxygen atoms in total. The maximum Gasteiger partial charge on any atom is 0.248 e. The standard InChI is InChI=1S/C52H75N9O2/c1-35(2)39-18-21-52(23-22-50(6)40(44(39)52)16-17-43-49(5)31-41-45(54-25-24-53-41)48(3,4)42(49)19-20-51(43,50)7)47(63)56-32-38-34-61(58-57-38)27-26-55-46(62)37(30-36-14-12-11-13-15-36)33-60(10)29-28-59(8)9/h11-15,24-25,30,34,39-40,42-44H,1,16-23,26-29,31-33H2,2-10H3,(H,55,62)(H,56,63)/b37-30+/t39-,40+,42-,43+,44+,49-,50+,51+,52-/m0/s1. The van der Waals surface area contributed by atoms with Gasteiger partial charge in [0.1, 0.15) is 5.69 Å². The average Bonchev–Trinajstić information content (AvgIpc) is 3.88. The minimum absolute atomic E-state index is 0.0135. The fourth-order valence-electron chi connectivity index (χ4n) is 14.8. The number of benzene rings is 1. The molecule has 0 spiro atoms. The maximum absolute atomic E-state index is 14.8. The summed E-state index contributed by atoms with van der Waals surface area (Å²) in [6, 6.07) is 9.99. The van der Waals surface area contributed by atoms with E-state index < -0.39 is 5.41 Å². The van der Waals surface area contributed by atoms with E-state index in [2.05, 4.69) is 93.0 Å². The summed E-state index contributed by atoms with van der Waals surface area (Å²) in [5, 5.41) is 15.4. The van der Waals surface area contributed by atoms with Crippen molar-refractivity contribution in [3.05, 3.63) is 89.3 Å². The van der Waals surface area contributed by atoms with Gasteiger partial charge in [-0.1, -0.05) is 82.3 Å². The van der Waals surface area contributed by atoms with Crippen LogP contribution in [0.15, 0.2) is 66.6 Å². The first-order chi connectivity index (χ1) is 29.9. The van der Waals surface area contributed by atoms with Crippen molar-refractivity contribution in [2.45, 2.75) is 118 Å². The summed E-state index contributed by atoms with van der Waals surface area (Å²) >= 11 is 0. The first-order valence-corrected chi connectivity index (χ1v) is 23.9. The molecule has 2 N–H and O–H groups in total. The number of allylic oxidation sites excluding steroid dienone is 1. The van der Waals surface area contributed by atoms with Gasteiger partial charge in [0.15, 0.2) is 0 Å². The van der Waals surface area contributed by atoms with Gasteiger partial charge in [-0.2, -0.15) is 0 Å². The number of carbonyl (C=O) groups excluding carboxylic acids is 2. The lowest BCUT2D eigenvalue weighted by atomic mass is 9.32. The van der Waals surface area contributed by atoms with Gasteiger partial charge in [0.25, 0.3) is 0 Å². The minimum atomic E-state index is -0.411. The third kappa shape index (κ3) is 8.01. The predicted octanol–water partition coefficient (Wildman–Crippen LogP) is 7.75. The molecular formula is C52H75N9O2. The Hall–Kier alpha value is -4.22. The lowest BCUT2D eigenvalue weighted by molar-refractivity contribution is -0.225. The van der Waals surface area contributed by atoms with Crippen molar-refractivity contribution in [3.63, 3.8) is 0 Å². The molecule has 5 aliphatic carbocycles. The highest BCUT2D eigenvalue weighted by Gasteiger charge is 2.72. The molecule has 63 heavy (non-hydrogen) atoms. The molecule has 0 unspecified atom stereocenters. The maximum atomic E-state index is 14.8. The van der Waals surface area contributed by atoms with E-state index in [1.165, 1.54) is 36.2 Å². The molecule has 4 saturated carbocycles. The van der Waals surface area contributed by atoms with Crippen LogP contribution in [-0.2, 0) is 34.5 Å². The smallest absolute Gasteiger partial charge is 0.248 e. The second-order valence-electron chi connectivity index (χ2n) is 22.1. The van der Waals surface area contributed by atoms with Crippen LogP contribution in [0, 0.1) is 51.2 Å². The second-order valence-corrected chi connectivity index (χ2v) is 22.1. The summed E-state index contributed by atoms with van der Waals surface area (Å²) in [6.07, 6.45) is 17.4. The van der Waals surface area contributed by atoms with Crippen LogP contribution in [0.2, 0.25) is 0 Å². The Bertz CT molecular complexity index is 2200. The summed E-state index contributed by atoms with van der Waals surface area (Å²) in [7, 11) is 6.16. The zero-order valence-electron chi connectivity index (χ0n) is 39.8. The number of aromatic nitrogens is 5. The van der Waals surface area contributed by atoms with Gasteiger partial charge in [0.2, 0.25) is 11.8 Å². The average molecular weight is 858 g/mol. The van der Waals surface area contributed by atoms with E-state index in [1.54, 1.807) is 4.68 Å². The number of nitrogens with one attached hydrogen (secondary N) is 2. The molecule has 0 radical (unpaired) electrons. The molecular weight excluding hydrogens is 783 g/mol. The summed E-state index contributed by atoms with van der Waals surface area (Å²) < 4.78 is 1.76. The minimum Gasteiger partial charge on any atom is -0.350 e. The van der Waals surface area contributed by atoms with Crippen molar-refractivity contribution >= 4 is 17.9 Å². The molecule has 0 bridgehead atoms. The van der Waals surface area contributed by atoms with Crippen LogP contribution >= 0.6 is 0 Å². The number of fused-ring (bicyclic) bond motifs is 8. The molecule has 9 atom stereocenters. The first-order valence-electron chi connectivity index (χ1n) is 23.9. The fraction of sp³-hybridized carbons (Fsp3) is 0.654. The van der Waals surface area contributed by atoms with Gasteiger partial charge in [-0.3, -0.25) is 24.2 Å². The largest absolute Gasteiger partial charge is 0.350 e. The molecule has 3 aromatic rings.